The third-order valence-electron chi connectivity index (χ3n) is 5.48. The van der Waals surface area contributed by atoms with Crippen LogP contribution in [-0.2, 0) is 14.4 Å². The number of carbonyl (C=O) groups excluding carboxylic acids is 2. The Morgan fingerprint density at radius 1 is 0.871 bits per heavy atom. The number of benzene rings is 3. The molecule has 2 amide bonds. The number of anilines is 2. The molecule has 2 atom stereocenters. The lowest BCUT2D eigenvalue weighted by molar-refractivity contribution is -0.176. The Labute approximate surface area is 179 Å². The Morgan fingerprint density at radius 3 is 2.10 bits per heavy atom. The maximum atomic E-state index is 13.4. The fourth-order valence-electron chi connectivity index (χ4n) is 3.95. The van der Waals surface area contributed by atoms with Crippen LogP contribution in [0.5, 0.6) is 5.75 Å². The highest BCUT2D eigenvalue weighted by atomic mass is 16.8. The van der Waals surface area contributed by atoms with Crippen LogP contribution in [0.4, 0.5) is 16.2 Å². The predicted octanol–water partition coefficient (Wildman–Crippen LogP) is 4.46. The molecule has 3 aromatic rings. The highest BCUT2D eigenvalue weighted by Gasteiger charge is 2.63. The molecule has 3 aromatic carbocycles. The molecule has 5 rings (SSSR count). The van der Waals surface area contributed by atoms with Crippen LogP contribution in [0.2, 0.25) is 0 Å². The molecule has 0 N–H and O–H groups in total. The zero-order valence-corrected chi connectivity index (χ0v) is 16.8. The molecule has 31 heavy (non-hydrogen) atoms. The first-order valence-corrected chi connectivity index (χ1v) is 9.91. The topological polar surface area (TPSA) is 68.3 Å². The number of hydrogen-bond donors (Lipinski definition) is 0. The Bertz CT molecular complexity index is 1100. The van der Waals surface area contributed by atoms with Gasteiger partial charge in [-0.25, -0.2) is 19.6 Å². The van der Waals surface area contributed by atoms with Crippen LogP contribution < -0.4 is 14.7 Å². The van der Waals surface area contributed by atoms with Gasteiger partial charge in [0.2, 0.25) is 0 Å². The van der Waals surface area contributed by atoms with Gasteiger partial charge in [0.1, 0.15) is 5.75 Å². The largest absolute Gasteiger partial charge is 0.497 e. The lowest BCUT2D eigenvalue weighted by Gasteiger charge is -2.25. The maximum absolute atomic E-state index is 13.4. The van der Waals surface area contributed by atoms with Gasteiger partial charge in [-0.15, -0.1) is 0 Å². The summed E-state index contributed by atoms with van der Waals surface area (Å²) in [6.45, 7) is 0. The van der Waals surface area contributed by atoms with E-state index in [1.165, 1.54) is 0 Å². The monoisotopic (exact) mass is 416 g/mol. The van der Waals surface area contributed by atoms with E-state index in [9.17, 15) is 9.59 Å². The van der Waals surface area contributed by atoms with Gasteiger partial charge in [-0.2, -0.15) is 0 Å². The quantitative estimate of drug-likeness (QED) is 0.626. The third-order valence-corrected chi connectivity index (χ3v) is 5.48. The van der Waals surface area contributed by atoms with Gasteiger partial charge in [0.25, 0.3) is 0 Å². The van der Waals surface area contributed by atoms with Crippen molar-refractivity contribution >= 4 is 23.4 Å². The summed E-state index contributed by atoms with van der Waals surface area (Å²) in [7, 11) is 1.60. The predicted molar refractivity (Wildman–Crippen MR) is 113 cm³/mol. The van der Waals surface area contributed by atoms with Gasteiger partial charge < -0.3 is 9.47 Å². The van der Waals surface area contributed by atoms with Crippen molar-refractivity contribution in [2.45, 2.75) is 18.2 Å². The van der Waals surface area contributed by atoms with Crippen LogP contribution in [0.3, 0.4) is 0 Å². The Balaban J connectivity index is 1.53. The van der Waals surface area contributed by atoms with Crippen LogP contribution in [0.15, 0.2) is 84.9 Å². The Morgan fingerprint density at radius 2 is 1.48 bits per heavy atom. The summed E-state index contributed by atoms with van der Waals surface area (Å²) in [6.07, 6.45) is -0.595. The highest BCUT2D eigenvalue weighted by molar-refractivity contribution is 6.19. The average Bonchev–Trinajstić information content (AvgIpc) is 3.32. The van der Waals surface area contributed by atoms with E-state index in [2.05, 4.69) is 0 Å². The Hall–Kier alpha value is -3.84. The molecule has 2 saturated heterocycles. The van der Waals surface area contributed by atoms with Gasteiger partial charge in [-0.1, -0.05) is 48.5 Å². The second kappa shape index (κ2) is 7.45. The van der Waals surface area contributed by atoms with Gasteiger partial charge in [0.15, 0.2) is 0 Å². The van der Waals surface area contributed by atoms with E-state index in [-0.39, 0.29) is 12.5 Å². The van der Waals surface area contributed by atoms with Crippen molar-refractivity contribution in [2.24, 2.45) is 0 Å². The van der Waals surface area contributed by atoms with Gasteiger partial charge in [-0.3, -0.25) is 4.79 Å². The van der Waals surface area contributed by atoms with Gasteiger partial charge in [0.05, 0.1) is 30.9 Å². The van der Waals surface area contributed by atoms with Crippen LogP contribution in [0.25, 0.3) is 0 Å². The lowest BCUT2D eigenvalue weighted by Crippen LogP contribution is -2.42. The standard InChI is InChI=1S/C24H20N2O5/c1-29-20-14-12-17(13-15-20)21-16-24(31-26(21)19-10-6-3-7-11-19)22(27)25(23(28)30-24)18-8-4-2-5-9-18/h2-15,21H,16H2,1H3/t21-,24-/m1/s1. The van der Waals surface area contributed by atoms with Gasteiger partial charge in [-0.05, 0) is 42.0 Å². The molecule has 0 saturated carbocycles. The van der Waals surface area contributed by atoms with Crippen LogP contribution in [0.1, 0.15) is 18.0 Å². The fraction of sp³-hybridized carbons (Fsp3) is 0.167. The zero-order valence-electron chi connectivity index (χ0n) is 16.8. The van der Waals surface area contributed by atoms with E-state index in [0.717, 1.165) is 21.9 Å². The minimum absolute atomic E-state index is 0.155. The summed E-state index contributed by atoms with van der Waals surface area (Å²) in [6, 6.07) is 25.3. The molecule has 1 spiro atoms. The number of rotatable bonds is 4. The first-order chi connectivity index (χ1) is 15.1. The van der Waals surface area contributed by atoms with Gasteiger partial charge >= 0.3 is 17.8 Å². The van der Waals surface area contributed by atoms with E-state index in [4.69, 9.17) is 14.3 Å². The minimum Gasteiger partial charge on any atom is -0.497 e. The second-order valence-electron chi connectivity index (χ2n) is 7.34. The molecule has 2 heterocycles. The summed E-state index contributed by atoms with van der Waals surface area (Å²) < 4.78 is 10.8. The Kier molecular flexibility index (Phi) is 4.60. The number of methoxy groups -OCH3 is 1. The van der Waals surface area contributed by atoms with Crippen molar-refractivity contribution in [3.63, 3.8) is 0 Å². The fourth-order valence-corrected chi connectivity index (χ4v) is 3.95. The molecule has 0 bridgehead atoms. The molecule has 0 aliphatic carbocycles. The smallest absolute Gasteiger partial charge is 0.424 e. The number of para-hydroxylation sites is 2. The number of amides is 2. The summed E-state index contributed by atoms with van der Waals surface area (Å²) in [5.41, 5.74) is 2.10. The maximum Gasteiger partial charge on any atom is 0.424 e. The summed E-state index contributed by atoms with van der Waals surface area (Å²) in [5, 5.41) is 1.64. The summed E-state index contributed by atoms with van der Waals surface area (Å²) >= 11 is 0. The van der Waals surface area contributed by atoms with Crippen LogP contribution in [0, 0.1) is 0 Å². The molecule has 0 aromatic heterocycles. The molecular formula is C24H20N2O5. The number of hydrogen-bond acceptors (Lipinski definition) is 6. The zero-order chi connectivity index (χ0) is 21.4. The number of ether oxygens (including phenoxy) is 2. The average molecular weight is 416 g/mol. The molecule has 7 heteroatoms. The number of imide groups is 1. The molecule has 0 radical (unpaired) electrons. The van der Waals surface area contributed by atoms with E-state index >= 15 is 0 Å². The number of hydroxylamine groups is 1. The molecule has 156 valence electrons. The summed E-state index contributed by atoms with van der Waals surface area (Å²) in [4.78, 5) is 33.2. The first-order valence-electron chi connectivity index (χ1n) is 9.91. The van der Waals surface area contributed by atoms with E-state index in [1.54, 1.807) is 36.4 Å². The van der Waals surface area contributed by atoms with Crippen LogP contribution >= 0.6 is 0 Å². The van der Waals surface area contributed by atoms with Crippen LogP contribution in [-0.4, -0.2) is 24.9 Å². The summed E-state index contributed by atoms with van der Waals surface area (Å²) in [5.74, 6) is -1.55. The minimum atomic E-state index is -1.73. The number of nitrogens with zero attached hydrogens (tertiary/aromatic N) is 2. The molecular weight excluding hydrogens is 396 g/mol. The third kappa shape index (κ3) is 3.19. The normalized spacial score (nSPS) is 22.8. The molecule has 2 aliphatic heterocycles. The van der Waals surface area contributed by atoms with Crippen molar-refractivity contribution in [1.82, 2.24) is 0 Å². The van der Waals surface area contributed by atoms with E-state index in [1.807, 2.05) is 60.7 Å². The molecule has 2 fully saturated rings. The first kappa shape index (κ1) is 19.1. The number of carbonyl (C=O) groups is 2. The lowest BCUT2D eigenvalue weighted by atomic mass is 9.98. The second-order valence-corrected chi connectivity index (χ2v) is 7.34. The van der Waals surface area contributed by atoms with E-state index in [0.29, 0.717) is 5.69 Å². The van der Waals surface area contributed by atoms with Crippen molar-refractivity contribution in [2.75, 3.05) is 17.1 Å². The van der Waals surface area contributed by atoms with Crippen molar-refractivity contribution in [3.8, 4) is 5.75 Å². The van der Waals surface area contributed by atoms with E-state index < -0.39 is 17.8 Å². The molecule has 2 aliphatic rings. The van der Waals surface area contributed by atoms with Gasteiger partial charge in [0, 0.05) is 0 Å². The SMILES string of the molecule is COc1ccc([C@H]2C[C@@]3(OC(=O)N(c4ccccc4)C3=O)ON2c2ccccc2)cc1. The molecule has 7 nitrogen and oxygen atoms in total. The van der Waals surface area contributed by atoms with Crippen molar-refractivity contribution in [1.29, 1.82) is 0 Å². The highest BCUT2D eigenvalue weighted by Crippen LogP contribution is 2.47. The van der Waals surface area contributed by atoms with Crippen molar-refractivity contribution < 1.29 is 23.9 Å². The molecule has 0 unspecified atom stereocenters. The van der Waals surface area contributed by atoms with Crippen molar-refractivity contribution in [3.05, 3.63) is 90.5 Å².